The second-order valence-electron chi connectivity index (χ2n) is 7.68. The first-order chi connectivity index (χ1) is 17.8. The van der Waals surface area contributed by atoms with Crippen LogP contribution in [0.3, 0.4) is 0 Å². The highest BCUT2D eigenvalue weighted by molar-refractivity contribution is 7.80. The largest absolute Gasteiger partial charge is 0.493 e. The zero-order valence-corrected chi connectivity index (χ0v) is 20.4. The van der Waals surface area contributed by atoms with E-state index in [0.29, 0.717) is 40.4 Å². The first kappa shape index (κ1) is 25.7. The summed E-state index contributed by atoms with van der Waals surface area (Å²) in [5.74, 6) is -2.50. The first-order valence-electron chi connectivity index (χ1n) is 10.8. The molecular formula is C26H20F3N3O4S. The summed E-state index contributed by atoms with van der Waals surface area (Å²) in [6, 6.07) is 15.1. The first-order valence-corrected chi connectivity index (χ1v) is 11.2. The van der Waals surface area contributed by atoms with Gasteiger partial charge in [0.1, 0.15) is 11.6 Å². The monoisotopic (exact) mass is 527 g/mol. The summed E-state index contributed by atoms with van der Waals surface area (Å²) in [7, 11) is 3.10. The predicted molar refractivity (Wildman–Crippen MR) is 136 cm³/mol. The van der Waals surface area contributed by atoms with Crippen LogP contribution in [-0.2, 0) is 11.2 Å². The van der Waals surface area contributed by atoms with Crippen molar-refractivity contribution in [3.8, 4) is 23.1 Å². The average molecular weight is 528 g/mol. The quantitative estimate of drug-likeness (QED) is 0.242. The van der Waals surface area contributed by atoms with E-state index in [9.17, 15) is 18.0 Å². The molecule has 3 aromatic carbocycles. The highest BCUT2D eigenvalue weighted by Crippen LogP contribution is 2.33. The number of methoxy groups -OCH3 is 2. The third-order valence-corrected chi connectivity index (χ3v) is 5.44. The van der Waals surface area contributed by atoms with Gasteiger partial charge in [-0.2, -0.15) is 0 Å². The van der Waals surface area contributed by atoms with Crippen molar-refractivity contribution in [3.63, 3.8) is 0 Å². The number of halogens is 3. The van der Waals surface area contributed by atoms with E-state index in [4.69, 9.17) is 26.4 Å². The summed E-state index contributed by atoms with van der Waals surface area (Å²) < 4.78 is 57.3. The van der Waals surface area contributed by atoms with Gasteiger partial charge in [-0.05, 0) is 60.7 Å². The molecule has 0 saturated carbocycles. The van der Waals surface area contributed by atoms with Crippen LogP contribution in [0.4, 0.5) is 18.9 Å². The third-order valence-electron chi connectivity index (χ3n) is 5.23. The molecule has 1 heterocycles. The Morgan fingerprint density at radius 3 is 2.30 bits per heavy atom. The lowest BCUT2D eigenvalue weighted by atomic mass is 10.1. The van der Waals surface area contributed by atoms with Crippen LogP contribution in [-0.4, -0.2) is 30.2 Å². The standard InChI is InChI=1S/C26H20F3N3O4S/c1-34-21-11-14-3-10-24(31-20(14)13-22(21)35-2)36-16-6-4-15(5-7-16)30-26(37)32-23(33)12-17-18(27)8-9-19(28)25(17)29/h3-11,13H,12H2,1-2H3,(H2,30,32,33,37). The number of benzene rings is 3. The van der Waals surface area contributed by atoms with E-state index in [1.165, 1.54) is 0 Å². The number of carbonyl (C=O) groups is 1. The number of nitrogens with zero attached hydrogens (tertiary/aromatic N) is 1. The Morgan fingerprint density at radius 1 is 0.919 bits per heavy atom. The number of aromatic nitrogens is 1. The molecule has 2 N–H and O–H groups in total. The molecule has 7 nitrogen and oxygen atoms in total. The molecule has 11 heteroatoms. The molecule has 4 rings (SSSR count). The molecule has 4 aromatic rings. The second kappa shape index (κ2) is 11.1. The maximum Gasteiger partial charge on any atom is 0.230 e. The molecule has 0 atom stereocenters. The minimum atomic E-state index is -1.41. The lowest BCUT2D eigenvalue weighted by molar-refractivity contribution is -0.119. The number of rotatable bonds is 7. The number of nitrogens with one attached hydrogen (secondary N) is 2. The van der Waals surface area contributed by atoms with Crippen molar-refractivity contribution >= 4 is 39.8 Å². The van der Waals surface area contributed by atoms with Crippen molar-refractivity contribution in [3.05, 3.63) is 83.7 Å². The summed E-state index contributed by atoms with van der Waals surface area (Å²) in [4.78, 5) is 16.6. The molecule has 0 aliphatic heterocycles. The van der Waals surface area contributed by atoms with Crippen LogP contribution < -0.4 is 24.8 Å². The Labute approximate surface area is 215 Å². The fraction of sp³-hybridized carbons (Fsp3) is 0.115. The zero-order valence-electron chi connectivity index (χ0n) is 19.6. The molecule has 1 amide bonds. The highest BCUT2D eigenvalue weighted by Gasteiger charge is 2.17. The van der Waals surface area contributed by atoms with E-state index in [-0.39, 0.29) is 5.11 Å². The van der Waals surface area contributed by atoms with Crippen LogP contribution in [0.2, 0.25) is 0 Å². The summed E-state index contributed by atoms with van der Waals surface area (Å²) in [6.07, 6.45) is -0.721. The Balaban J connectivity index is 1.37. The number of carbonyl (C=O) groups excluding carboxylic acids is 1. The fourth-order valence-electron chi connectivity index (χ4n) is 3.44. The van der Waals surface area contributed by atoms with Crippen molar-refractivity contribution in [2.45, 2.75) is 6.42 Å². The topological polar surface area (TPSA) is 81.7 Å². The normalized spacial score (nSPS) is 10.6. The van der Waals surface area contributed by atoms with Gasteiger partial charge in [0, 0.05) is 28.8 Å². The van der Waals surface area contributed by atoms with Crippen LogP contribution in [0.15, 0.2) is 60.7 Å². The third kappa shape index (κ3) is 6.07. The summed E-state index contributed by atoms with van der Waals surface area (Å²) >= 11 is 5.08. The van der Waals surface area contributed by atoms with Gasteiger partial charge in [-0.25, -0.2) is 18.2 Å². The van der Waals surface area contributed by atoms with Gasteiger partial charge in [0.2, 0.25) is 11.8 Å². The average Bonchev–Trinajstić information content (AvgIpc) is 2.89. The van der Waals surface area contributed by atoms with Crippen molar-refractivity contribution < 1.29 is 32.2 Å². The molecule has 190 valence electrons. The Kier molecular flexibility index (Phi) is 7.73. The SMILES string of the molecule is COc1cc2ccc(Oc3ccc(NC(=S)NC(=O)Cc4c(F)ccc(F)c4F)cc3)nc2cc1OC. The van der Waals surface area contributed by atoms with E-state index in [1.807, 2.05) is 12.1 Å². The lowest BCUT2D eigenvalue weighted by Crippen LogP contribution is -2.35. The molecular weight excluding hydrogens is 507 g/mol. The van der Waals surface area contributed by atoms with Gasteiger partial charge in [0.15, 0.2) is 28.2 Å². The number of hydrogen-bond donors (Lipinski definition) is 2. The Morgan fingerprint density at radius 2 is 1.59 bits per heavy atom. The van der Waals surface area contributed by atoms with Gasteiger partial charge in [-0.15, -0.1) is 0 Å². The molecule has 0 bridgehead atoms. The van der Waals surface area contributed by atoms with E-state index in [0.717, 1.165) is 11.5 Å². The summed E-state index contributed by atoms with van der Waals surface area (Å²) in [6.45, 7) is 0. The number of amides is 1. The number of pyridine rings is 1. The van der Waals surface area contributed by atoms with Gasteiger partial charge in [-0.3, -0.25) is 4.79 Å². The van der Waals surface area contributed by atoms with Crippen molar-refractivity contribution in [2.75, 3.05) is 19.5 Å². The predicted octanol–water partition coefficient (Wildman–Crippen LogP) is 5.52. The molecule has 0 unspecified atom stereocenters. The molecule has 0 fully saturated rings. The van der Waals surface area contributed by atoms with E-state index in [1.54, 1.807) is 50.6 Å². The van der Waals surface area contributed by atoms with Gasteiger partial charge in [0.05, 0.1) is 26.2 Å². The maximum absolute atomic E-state index is 13.8. The Bertz CT molecular complexity index is 1480. The molecule has 0 spiro atoms. The van der Waals surface area contributed by atoms with Crippen LogP contribution in [0, 0.1) is 17.5 Å². The van der Waals surface area contributed by atoms with Gasteiger partial charge >= 0.3 is 0 Å². The molecule has 1 aromatic heterocycles. The van der Waals surface area contributed by atoms with Gasteiger partial charge < -0.3 is 24.8 Å². The summed E-state index contributed by atoms with van der Waals surface area (Å²) in [5, 5.41) is 5.83. The Hall–Kier alpha value is -4.38. The summed E-state index contributed by atoms with van der Waals surface area (Å²) in [5.41, 5.74) is 0.498. The van der Waals surface area contributed by atoms with Crippen molar-refractivity contribution in [1.82, 2.24) is 10.3 Å². The minimum absolute atomic E-state index is 0.101. The molecule has 0 aliphatic rings. The smallest absolute Gasteiger partial charge is 0.230 e. The molecule has 0 saturated heterocycles. The number of anilines is 1. The van der Waals surface area contributed by atoms with E-state index < -0.39 is 35.3 Å². The van der Waals surface area contributed by atoms with E-state index >= 15 is 0 Å². The number of thiocarbonyl (C=S) groups is 1. The molecule has 0 radical (unpaired) electrons. The van der Waals surface area contributed by atoms with Crippen molar-refractivity contribution in [2.24, 2.45) is 0 Å². The molecule has 0 aliphatic carbocycles. The second-order valence-corrected chi connectivity index (χ2v) is 8.08. The lowest BCUT2D eigenvalue weighted by Gasteiger charge is -2.12. The van der Waals surface area contributed by atoms with Crippen LogP contribution in [0.25, 0.3) is 10.9 Å². The fourth-order valence-corrected chi connectivity index (χ4v) is 3.67. The number of hydrogen-bond acceptors (Lipinski definition) is 6. The van der Waals surface area contributed by atoms with Gasteiger partial charge in [-0.1, -0.05) is 0 Å². The highest BCUT2D eigenvalue weighted by atomic mass is 32.1. The maximum atomic E-state index is 13.8. The molecule has 37 heavy (non-hydrogen) atoms. The zero-order chi connectivity index (χ0) is 26.5. The van der Waals surface area contributed by atoms with Crippen LogP contribution >= 0.6 is 12.2 Å². The van der Waals surface area contributed by atoms with E-state index in [2.05, 4.69) is 15.6 Å². The number of ether oxygens (including phenoxy) is 3. The minimum Gasteiger partial charge on any atom is -0.493 e. The number of fused-ring (bicyclic) bond motifs is 1. The van der Waals surface area contributed by atoms with Crippen LogP contribution in [0.5, 0.6) is 23.1 Å². The van der Waals surface area contributed by atoms with Crippen LogP contribution in [0.1, 0.15) is 5.56 Å². The van der Waals surface area contributed by atoms with Gasteiger partial charge in [0.25, 0.3) is 0 Å². The van der Waals surface area contributed by atoms with Crippen molar-refractivity contribution in [1.29, 1.82) is 0 Å².